The second-order valence-electron chi connectivity index (χ2n) is 4.03. The topological polar surface area (TPSA) is 17.0 Å². The normalized spacial score (nSPS) is 11.2. The summed E-state index contributed by atoms with van der Waals surface area (Å²) in [7, 11) is 2.10. The molecule has 0 aliphatic carbocycles. The molecule has 0 aliphatic heterocycles. The zero-order valence-corrected chi connectivity index (χ0v) is 11.3. The highest BCUT2D eigenvalue weighted by Crippen LogP contribution is 2.24. The Morgan fingerprint density at radius 3 is 2.94 bits per heavy atom. The van der Waals surface area contributed by atoms with Crippen molar-refractivity contribution >= 4 is 26.8 Å². The minimum Gasteiger partial charge on any atom is -0.350 e. The fourth-order valence-corrected chi connectivity index (χ4v) is 2.41. The molecule has 16 heavy (non-hydrogen) atoms. The van der Waals surface area contributed by atoms with Crippen molar-refractivity contribution in [2.45, 2.75) is 13.3 Å². The Morgan fingerprint density at radius 2 is 2.19 bits per heavy atom. The molecule has 2 rings (SSSR count). The van der Waals surface area contributed by atoms with Crippen molar-refractivity contribution in [2.75, 3.05) is 13.1 Å². The SMILES string of the molecule is CCNCCc1cn(C)c2ccc(Br)cc12. The summed E-state index contributed by atoms with van der Waals surface area (Å²) in [5.74, 6) is 0. The maximum atomic E-state index is 3.53. The van der Waals surface area contributed by atoms with Crippen LogP contribution in [0, 0.1) is 0 Å². The number of nitrogens with zero attached hydrogens (tertiary/aromatic N) is 1. The van der Waals surface area contributed by atoms with Crippen molar-refractivity contribution in [3.8, 4) is 0 Å². The van der Waals surface area contributed by atoms with E-state index in [1.54, 1.807) is 0 Å². The Hall–Kier alpha value is -0.800. The molecule has 0 saturated heterocycles. The van der Waals surface area contributed by atoms with Crippen LogP contribution in [0.25, 0.3) is 10.9 Å². The number of aromatic nitrogens is 1. The van der Waals surface area contributed by atoms with Crippen molar-refractivity contribution in [3.05, 3.63) is 34.4 Å². The van der Waals surface area contributed by atoms with Gasteiger partial charge in [0, 0.05) is 28.6 Å². The Morgan fingerprint density at radius 1 is 1.38 bits per heavy atom. The highest BCUT2D eigenvalue weighted by molar-refractivity contribution is 9.10. The van der Waals surface area contributed by atoms with Gasteiger partial charge in [0.25, 0.3) is 0 Å². The smallest absolute Gasteiger partial charge is 0.0481 e. The average molecular weight is 281 g/mol. The van der Waals surface area contributed by atoms with E-state index in [2.05, 4.69) is 64.2 Å². The molecule has 0 aliphatic rings. The van der Waals surface area contributed by atoms with Crippen molar-refractivity contribution in [2.24, 2.45) is 7.05 Å². The first-order valence-corrected chi connectivity index (χ1v) is 6.46. The summed E-state index contributed by atoms with van der Waals surface area (Å²) in [4.78, 5) is 0. The van der Waals surface area contributed by atoms with Crippen LogP contribution in [0.15, 0.2) is 28.9 Å². The molecule has 2 aromatic rings. The number of halogens is 1. The molecular weight excluding hydrogens is 264 g/mol. The quantitative estimate of drug-likeness (QED) is 0.852. The largest absolute Gasteiger partial charge is 0.350 e. The molecule has 2 nitrogen and oxygen atoms in total. The Kier molecular flexibility index (Phi) is 3.66. The van der Waals surface area contributed by atoms with Gasteiger partial charge in [-0.2, -0.15) is 0 Å². The lowest BCUT2D eigenvalue weighted by atomic mass is 10.1. The molecular formula is C13H17BrN2. The van der Waals surface area contributed by atoms with Crippen molar-refractivity contribution in [3.63, 3.8) is 0 Å². The Balaban J connectivity index is 2.33. The number of hydrogen-bond acceptors (Lipinski definition) is 1. The number of rotatable bonds is 4. The minimum absolute atomic E-state index is 1.04. The molecule has 1 aromatic carbocycles. The molecule has 86 valence electrons. The molecule has 1 aromatic heterocycles. The zero-order chi connectivity index (χ0) is 11.5. The van der Waals surface area contributed by atoms with E-state index in [1.165, 1.54) is 16.5 Å². The van der Waals surface area contributed by atoms with Crippen molar-refractivity contribution in [1.82, 2.24) is 9.88 Å². The molecule has 1 heterocycles. The van der Waals surface area contributed by atoms with E-state index < -0.39 is 0 Å². The maximum absolute atomic E-state index is 3.53. The summed E-state index contributed by atoms with van der Waals surface area (Å²) in [5.41, 5.74) is 2.72. The monoisotopic (exact) mass is 280 g/mol. The molecule has 0 radical (unpaired) electrons. The van der Waals surface area contributed by atoms with Crippen LogP contribution in [0.3, 0.4) is 0 Å². The van der Waals surface area contributed by atoms with E-state index in [9.17, 15) is 0 Å². The fraction of sp³-hybridized carbons (Fsp3) is 0.385. The van der Waals surface area contributed by atoms with E-state index in [1.807, 2.05) is 0 Å². The first-order valence-electron chi connectivity index (χ1n) is 5.66. The lowest BCUT2D eigenvalue weighted by Crippen LogP contribution is -2.15. The van der Waals surface area contributed by atoms with Gasteiger partial charge in [0.05, 0.1) is 0 Å². The van der Waals surface area contributed by atoms with Crippen LogP contribution in [0.1, 0.15) is 12.5 Å². The van der Waals surface area contributed by atoms with Crippen LogP contribution < -0.4 is 5.32 Å². The number of fused-ring (bicyclic) bond motifs is 1. The van der Waals surface area contributed by atoms with Crippen LogP contribution in [-0.4, -0.2) is 17.7 Å². The van der Waals surface area contributed by atoms with Gasteiger partial charge in [-0.3, -0.25) is 0 Å². The van der Waals surface area contributed by atoms with Gasteiger partial charge in [0.15, 0.2) is 0 Å². The second kappa shape index (κ2) is 5.02. The Bertz CT molecular complexity index is 488. The Labute approximate surface area is 105 Å². The third-order valence-corrected chi connectivity index (χ3v) is 3.35. The van der Waals surface area contributed by atoms with Gasteiger partial charge >= 0.3 is 0 Å². The van der Waals surface area contributed by atoms with Crippen LogP contribution in [0.5, 0.6) is 0 Å². The number of nitrogens with one attached hydrogen (secondary N) is 1. The highest BCUT2D eigenvalue weighted by atomic mass is 79.9. The third kappa shape index (κ3) is 2.30. The number of likely N-dealkylation sites (N-methyl/N-ethyl adjacent to an activating group) is 1. The molecule has 3 heteroatoms. The van der Waals surface area contributed by atoms with E-state index in [4.69, 9.17) is 0 Å². The van der Waals surface area contributed by atoms with Gasteiger partial charge in [-0.05, 0) is 43.3 Å². The molecule has 0 amide bonds. The van der Waals surface area contributed by atoms with Crippen LogP contribution in [0.4, 0.5) is 0 Å². The summed E-state index contributed by atoms with van der Waals surface area (Å²) in [6, 6.07) is 6.46. The summed E-state index contributed by atoms with van der Waals surface area (Å²) >= 11 is 3.53. The van der Waals surface area contributed by atoms with Gasteiger partial charge in [0.1, 0.15) is 0 Å². The predicted molar refractivity (Wildman–Crippen MR) is 72.9 cm³/mol. The summed E-state index contributed by atoms with van der Waals surface area (Å²) < 4.78 is 3.35. The molecule has 0 bridgehead atoms. The van der Waals surface area contributed by atoms with Crippen LogP contribution >= 0.6 is 15.9 Å². The molecule has 0 atom stereocenters. The third-order valence-electron chi connectivity index (χ3n) is 2.86. The van der Waals surface area contributed by atoms with E-state index in [0.717, 1.165) is 24.0 Å². The number of hydrogen-bond donors (Lipinski definition) is 1. The van der Waals surface area contributed by atoms with E-state index in [-0.39, 0.29) is 0 Å². The summed E-state index contributed by atoms with van der Waals surface area (Å²) in [6.45, 7) is 4.22. The van der Waals surface area contributed by atoms with Crippen molar-refractivity contribution < 1.29 is 0 Å². The number of aryl methyl sites for hydroxylation is 1. The van der Waals surface area contributed by atoms with Crippen LogP contribution in [-0.2, 0) is 13.5 Å². The fourth-order valence-electron chi connectivity index (χ4n) is 2.04. The lowest BCUT2D eigenvalue weighted by molar-refractivity contribution is 0.717. The standard InChI is InChI=1S/C13H17BrN2/c1-3-15-7-6-10-9-16(2)13-5-4-11(14)8-12(10)13/h4-5,8-9,15H,3,6-7H2,1-2H3. The average Bonchev–Trinajstić information content (AvgIpc) is 2.56. The molecule has 0 saturated carbocycles. The van der Waals surface area contributed by atoms with Gasteiger partial charge in [-0.1, -0.05) is 22.9 Å². The highest BCUT2D eigenvalue weighted by Gasteiger charge is 2.06. The van der Waals surface area contributed by atoms with Crippen molar-refractivity contribution in [1.29, 1.82) is 0 Å². The molecule has 1 N–H and O–H groups in total. The summed E-state index contributed by atoms with van der Waals surface area (Å²) in [5, 5.41) is 4.72. The summed E-state index contributed by atoms with van der Waals surface area (Å²) in [6.07, 6.45) is 3.32. The van der Waals surface area contributed by atoms with Gasteiger partial charge in [-0.15, -0.1) is 0 Å². The van der Waals surface area contributed by atoms with E-state index in [0.29, 0.717) is 0 Å². The molecule has 0 unspecified atom stereocenters. The first kappa shape index (κ1) is 11.7. The van der Waals surface area contributed by atoms with Gasteiger partial charge in [0.2, 0.25) is 0 Å². The lowest BCUT2D eigenvalue weighted by Gasteiger charge is -2.00. The second-order valence-corrected chi connectivity index (χ2v) is 4.95. The number of benzene rings is 1. The molecule has 0 fully saturated rings. The van der Waals surface area contributed by atoms with E-state index >= 15 is 0 Å². The molecule has 0 spiro atoms. The zero-order valence-electron chi connectivity index (χ0n) is 9.76. The first-order chi connectivity index (χ1) is 7.72. The maximum Gasteiger partial charge on any atom is 0.0481 e. The minimum atomic E-state index is 1.04. The predicted octanol–water partition coefficient (Wildman–Crippen LogP) is 3.09. The van der Waals surface area contributed by atoms with Gasteiger partial charge < -0.3 is 9.88 Å². The van der Waals surface area contributed by atoms with Gasteiger partial charge in [-0.25, -0.2) is 0 Å². The van der Waals surface area contributed by atoms with Crippen LogP contribution in [0.2, 0.25) is 0 Å².